The van der Waals surface area contributed by atoms with Crippen LogP contribution in [0.5, 0.6) is 5.88 Å². The zero-order valence-corrected chi connectivity index (χ0v) is 18.1. The molecule has 0 amide bonds. The molecule has 1 aliphatic heterocycles. The van der Waals surface area contributed by atoms with Crippen LogP contribution in [0.25, 0.3) is 16.9 Å². The Morgan fingerprint density at radius 3 is 2.88 bits per heavy atom. The molecule has 3 aromatic heterocycles. The van der Waals surface area contributed by atoms with Gasteiger partial charge >= 0.3 is 5.69 Å². The number of benzene rings is 1. The summed E-state index contributed by atoms with van der Waals surface area (Å²) in [7, 11) is 3.29. The van der Waals surface area contributed by atoms with E-state index < -0.39 is 11.9 Å². The van der Waals surface area contributed by atoms with E-state index in [1.54, 1.807) is 27.2 Å². The molecule has 1 atom stereocenters. The lowest BCUT2D eigenvalue weighted by molar-refractivity contribution is 0.217. The number of hydrogen-bond acceptors (Lipinski definition) is 7. The molecule has 10 nitrogen and oxygen atoms in total. The molecule has 33 heavy (non-hydrogen) atoms. The molecule has 0 saturated carbocycles. The molecule has 0 radical (unpaired) electrons. The molecule has 1 aliphatic rings. The lowest BCUT2D eigenvalue weighted by Crippen LogP contribution is -2.24. The molecule has 1 unspecified atom stereocenters. The highest BCUT2D eigenvalue weighted by molar-refractivity contribution is 5.70. The highest BCUT2D eigenvalue weighted by Crippen LogP contribution is 2.34. The molecular formula is C22H19FN8O2. The van der Waals surface area contributed by atoms with Crippen LogP contribution in [0.2, 0.25) is 0 Å². The van der Waals surface area contributed by atoms with Crippen molar-refractivity contribution < 1.29 is 9.13 Å². The van der Waals surface area contributed by atoms with Gasteiger partial charge < -0.3 is 15.0 Å². The first-order chi connectivity index (χ1) is 15.8. The van der Waals surface area contributed by atoms with Crippen LogP contribution in [0, 0.1) is 17.1 Å². The fourth-order valence-corrected chi connectivity index (χ4v) is 4.15. The van der Waals surface area contributed by atoms with Crippen molar-refractivity contribution in [3.05, 3.63) is 69.5 Å². The summed E-state index contributed by atoms with van der Waals surface area (Å²) in [4.78, 5) is 21.8. The second-order valence-corrected chi connectivity index (χ2v) is 7.84. The normalized spacial score (nSPS) is 14.7. The van der Waals surface area contributed by atoms with Crippen molar-refractivity contribution in [1.82, 2.24) is 28.9 Å². The number of anilines is 1. The number of hydrogen-bond donors (Lipinski definition) is 1. The molecule has 0 spiro atoms. The van der Waals surface area contributed by atoms with E-state index in [1.165, 1.54) is 38.2 Å². The largest absolute Gasteiger partial charge is 0.467 e. The van der Waals surface area contributed by atoms with Crippen molar-refractivity contribution >= 4 is 5.82 Å². The van der Waals surface area contributed by atoms with Crippen molar-refractivity contribution in [2.45, 2.75) is 19.4 Å². The molecule has 2 N–H and O–H groups in total. The van der Waals surface area contributed by atoms with E-state index in [2.05, 4.69) is 21.1 Å². The standard InChI is InChI=1S/C22H19FN8O2/c1-11-14-6-12(23)4-5-17(14)31-13(10-29(2)22(31)32)7-15-19(18(8-24)30(3)28-15)16-9-26-20(25)21(27-16)33-11/h4-6,9-11H,7H2,1-3H3,(H2,25,26). The maximum absolute atomic E-state index is 14.2. The first kappa shape index (κ1) is 20.4. The summed E-state index contributed by atoms with van der Waals surface area (Å²) in [6.07, 6.45) is 2.64. The Morgan fingerprint density at radius 2 is 2.12 bits per heavy atom. The van der Waals surface area contributed by atoms with Crippen LogP contribution < -0.4 is 16.2 Å². The van der Waals surface area contributed by atoms with Crippen molar-refractivity contribution in [3.63, 3.8) is 0 Å². The Labute approximate surface area is 187 Å². The molecule has 4 heterocycles. The van der Waals surface area contributed by atoms with E-state index in [1.807, 2.05) is 0 Å². The SMILES string of the molecule is CC1Oc2nc(cnc2N)-c2c(nn(C)c2C#N)Cc2cn(C)c(=O)n2-c2ccc(F)cc21. The van der Waals surface area contributed by atoms with Gasteiger partial charge in [0.15, 0.2) is 5.82 Å². The van der Waals surface area contributed by atoms with Gasteiger partial charge in [-0.1, -0.05) is 0 Å². The Bertz CT molecular complexity index is 1520. The maximum atomic E-state index is 14.2. The smallest absolute Gasteiger partial charge is 0.332 e. The molecule has 166 valence electrons. The first-order valence-electron chi connectivity index (χ1n) is 10.1. The number of nitriles is 1. The predicted molar refractivity (Wildman–Crippen MR) is 116 cm³/mol. The lowest BCUT2D eigenvalue weighted by Gasteiger charge is -2.20. The average Bonchev–Trinajstić information content (AvgIpc) is 3.24. The summed E-state index contributed by atoms with van der Waals surface area (Å²) in [5.41, 5.74) is 8.86. The fraction of sp³-hybridized carbons (Fsp3) is 0.227. The number of nitrogen functional groups attached to an aromatic ring is 1. The zero-order chi connectivity index (χ0) is 23.4. The van der Waals surface area contributed by atoms with E-state index in [0.29, 0.717) is 33.9 Å². The lowest BCUT2D eigenvalue weighted by atomic mass is 10.0. The van der Waals surface area contributed by atoms with Crippen LogP contribution in [-0.2, 0) is 20.5 Å². The van der Waals surface area contributed by atoms with Crippen molar-refractivity contribution in [1.29, 1.82) is 5.26 Å². The highest BCUT2D eigenvalue weighted by atomic mass is 19.1. The number of rotatable bonds is 0. The highest BCUT2D eigenvalue weighted by Gasteiger charge is 2.26. The number of aryl methyl sites for hydroxylation is 2. The molecule has 0 saturated heterocycles. The molecule has 0 fully saturated rings. The molecule has 4 aromatic rings. The Balaban J connectivity index is 1.88. The van der Waals surface area contributed by atoms with Crippen molar-refractivity contribution in [3.8, 4) is 28.9 Å². The Morgan fingerprint density at radius 1 is 1.33 bits per heavy atom. The fourth-order valence-electron chi connectivity index (χ4n) is 4.15. The third-order valence-corrected chi connectivity index (χ3v) is 5.68. The van der Waals surface area contributed by atoms with Gasteiger partial charge in [0, 0.05) is 32.3 Å². The zero-order valence-electron chi connectivity index (χ0n) is 18.1. The van der Waals surface area contributed by atoms with E-state index in [-0.39, 0.29) is 29.5 Å². The van der Waals surface area contributed by atoms with Gasteiger partial charge in [-0.15, -0.1) is 0 Å². The van der Waals surface area contributed by atoms with Crippen LogP contribution in [0.4, 0.5) is 10.2 Å². The first-order valence-corrected chi connectivity index (χ1v) is 10.1. The monoisotopic (exact) mass is 446 g/mol. The summed E-state index contributed by atoms with van der Waals surface area (Å²) in [5, 5.41) is 14.3. The van der Waals surface area contributed by atoms with E-state index >= 15 is 0 Å². The van der Waals surface area contributed by atoms with Crippen LogP contribution >= 0.6 is 0 Å². The number of ether oxygens (including phenoxy) is 1. The minimum atomic E-state index is -0.717. The second kappa shape index (κ2) is 7.30. The summed E-state index contributed by atoms with van der Waals surface area (Å²) in [5.74, 6) is -0.391. The molecule has 2 bridgehead atoms. The molecular weight excluding hydrogens is 427 g/mol. The second-order valence-electron chi connectivity index (χ2n) is 7.84. The van der Waals surface area contributed by atoms with Gasteiger partial charge in [0.05, 0.1) is 34.5 Å². The quantitative estimate of drug-likeness (QED) is 0.437. The third kappa shape index (κ3) is 3.15. The maximum Gasteiger partial charge on any atom is 0.332 e. The Kier molecular flexibility index (Phi) is 4.52. The van der Waals surface area contributed by atoms with E-state index in [0.717, 1.165) is 0 Å². The van der Waals surface area contributed by atoms with Gasteiger partial charge in [0.2, 0.25) is 0 Å². The minimum Gasteiger partial charge on any atom is -0.467 e. The summed E-state index contributed by atoms with van der Waals surface area (Å²) in [6.45, 7) is 1.71. The summed E-state index contributed by atoms with van der Waals surface area (Å²) < 4.78 is 24.6. The van der Waals surface area contributed by atoms with E-state index in [4.69, 9.17) is 10.5 Å². The predicted octanol–water partition coefficient (Wildman–Crippen LogP) is 2.00. The van der Waals surface area contributed by atoms with E-state index in [9.17, 15) is 14.4 Å². The van der Waals surface area contributed by atoms with Crippen molar-refractivity contribution in [2.24, 2.45) is 14.1 Å². The van der Waals surface area contributed by atoms with Gasteiger partial charge in [0.25, 0.3) is 5.88 Å². The van der Waals surface area contributed by atoms with Crippen molar-refractivity contribution in [2.75, 3.05) is 5.73 Å². The molecule has 1 aromatic carbocycles. The number of nitrogens with two attached hydrogens (primary N) is 1. The van der Waals surface area contributed by atoms with Gasteiger partial charge in [0.1, 0.15) is 23.7 Å². The third-order valence-electron chi connectivity index (χ3n) is 5.68. The number of aromatic nitrogens is 6. The average molecular weight is 446 g/mol. The Hall–Kier alpha value is -4.46. The molecule has 5 rings (SSSR count). The molecule has 11 heteroatoms. The number of fused-ring (bicyclic) bond motifs is 7. The van der Waals surface area contributed by atoms with Crippen LogP contribution in [0.1, 0.15) is 35.7 Å². The van der Waals surface area contributed by atoms with Gasteiger partial charge in [-0.2, -0.15) is 10.4 Å². The van der Waals surface area contributed by atoms with Gasteiger partial charge in [-0.3, -0.25) is 9.25 Å². The van der Waals surface area contributed by atoms with Crippen LogP contribution in [0.3, 0.4) is 0 Å². The topological polar surface area (TPSA) is 130 Å². The van der Waals surface area contributed by atoms with Gasteiger partial charge in [-0.25, -0.2) is 19.2 Å². The molecule has 0 aliphatic carbocycles. The van der Waals surface area contributed by atoms with Crippen LogP contribution in [-0.4, -0.2) is 28.9 Å². The van der Waals surface area contributed by atoms with Gasteiger partial charge in [-0.05, 0) is 25.1 Å². The van der Waals surface area contributed by atoms with Crippen LogP contribution in [0.15, 0.2) is 35.4 Å². The minimum absolute atomic E-state index is 0.0371. The summed E-state index contributed by atoms with van der Waals surface area (Å²) in [6, 6.07) is 6.30. The number of nitrogens with zero attached hydrogens (tertiary/aromatic N) is 7. The number of halogens is 1. The number of imidazole rings is 1. The summed E-state index contributed by atoms with van der Waals surface area (Å²) >= 11 is 0.